The van der Waals surface area contributed by atoms with E-state index in [1.54, 1.807) is 18.2 Å². The number of pyridine rings is 1. The van der Waals surface area contributed by atoms with E-state index in [9.17, 15) is 4.79 Å². The molecule has 0 fully saturated rings. The van der Waals surface area contributed by atoms with Crippen LogP contribution in [0.2, 0.25) is 5.02 Å². The zero-order valence-corrected chi connectivity index (χ0v) is 12.3. The third-order valence-electron chi connectivity index (χ3n) is 2.73. The minimum absolute atomic E-state index is 0.242. The largest absolute Gasteiger partial charge is 0.495 e. The van der Waals surface area contributed by atoms with E-state index in [4.69, 9.17) is 26.8 Å². The minimum Gasteiger partial charge on any atom is -0.495 e. The fourth-order valence-corrected chi connectivity index (χ4v) is 1.92. The van der Waals surface area contributed by atoms with Gasteiger partial charge in [-0.3, -0.25) is 0 Å². The lowest BCUT2D eigenvalue weighted by Crippen LogP contribution is -2.08. The Morgan fingerprint density at radius 3 is 2.76 bits per heavy atom. The summed E-state index contributed by atoms with van der Waals surface area (Å²) in [5, 5.41) is 3.50. The topological polar surface area (TPSA) is 86.5 Å². The number of nitrogens with zero attached hydrogens (tertiary/aromatic N) is 1. The molecule has 3 N–H and O–H groups in total. The van der Waals surface area contributed by atoms with Crippen molar-refractivity contribution in [3.8, 4) is 5.75 Å². The first kappa shape index (κ1) is 14.9. The molecule has 0 unspecified atom stereocenters. The van der Waals surface area contributed by atoms with Crippen LogP contribution in [0.1, 0.15) is 10.4 Å². The van der Waals surface area contributed by atoms with Gasteiger partial charge in [0.15, 0.2) is 0 Å². The molecular weight excluding hydrogens is 294 g/mol. The summed E-state index contributed by atoms with van der Waals surface area (Å²) in [6.07, 6.45) is 1.45. The number of hydrogen-bond donors (Lipinski definition) is 2. The Labute approximate surface area is 126 Å². The molecule has 6 nitrogen and oxygen atoms in total. The zero-order chi connectivity index (χ0) is 15.4. The molecule has 1 heterocycles. The summed E-state index contributed by atoms with van der Waals surface area (Å²) >= 11 is 5.97. The van der Waals surface area contributed by atoms with Crippen LogP contribution in [-0.4, -0.2) is 25.2 Å². The molecule has 0 aliphatic rings. The Hall–Kier alpha value is -2.47. The van der Waals surface area contributed by atoms with Crippen LogP contribution in [0, 0.1) is 0 Å². The number of anilines is 3. The SMILES string of the molecule is COC(=O)c1cc(N)cnc1Nc1ccc(Cl)c(OC)c1. The van der Waals surface area contributed by atoms with Crippen molar-refractivity contribution in [1.82, 2.24) is 4.98 Å². The first-order chi connectivity index (χ1) is 10.0. The molecule has 0 aliphatic carbocycles. The number of ether oxygens (including phenoxy) is 2. The predicted molar refractivity (Wildman–Crippen MR) is 81.3 cm³/mol. The van der Waals surface area contributed by atoms with Crippen molar-refractivity contribution in [2.24, 2.45) is 0 Å². The highest BCUT2D eigenvalue weighted by molar-refractivity contribution is 6.32. The molecule has 0 saturated heterocycles. The molecule has 2 aromatic rings. The maximum absolute atomic E-state index is 11.8. The Morgan fingerprint density at radius 1 is 1.33 bits per heavy atom. The van der Waals surface area contributed by atoms with Gasteiger partial charge in [0.25, 0.3) is 0 Å². The summed E-state index contributed by atoms with van der Waals surface area (Å²) in [5.74, 6) is 0.315. The Balaban J connectivity index is 2.37. The number of halogens is 1. The molecule has 2 rings (SSSR count). The first-order valence-electron chi connectivity index (χ1n) is 5.99. The number of nitrogen functional groups attached to an aromatic ring is 1. The van der Waals surface area contributed by atoms with Crippen molar-refractivity contribution in [1.29, 1.82) is 0 Å². The van der Waals surface area contributed by atoms with E-state index in [0.29, 0.717) is 28.0 Å². The number of aromatic nitrogens is 1. The second kappa shape index (κ2) is 6.32. The fraction of sp³-hybridized carbons (Fsp3) is 0.143. The van der Waals surface area contributed by atoms with Crippen LogP contribution in [0.4, 0.5) is 17.2 Å². The van der Waals surface area contributed by atoms with Crippen molar-refractivity contribution in [3.05, 3.63) is 41.0 Å². The lowest BCUT2D eigenvalue weighted by atomic mass is 10.2. The number of nitrogens with two attached hydrogens (primary N) is 1. The zero-order valence-electron chi connectivity index (χ0n) is 11.5. The number of carbonyl (C=O) groups is 1. The van der Waals surface area contributed by atoms with E-state index in [-0.39, 0.29) is 5.56 Å². The van der Waals surface area contributed by atoms with Gasteiger partial charge in [0.05, 0.1) is 31.1 Å². The van der Waals surface area contributed by atoms with Gasteiger partial charge in [-0.25, -0.2) is 9.78 Å². The van der Waals surface area contributed by atoms with Gasteiger partial charge < -0.3 is 20.5 Å². The number of benzene rings is 1. The molecular formula is C14H14ClN3O3. The van der Waals surface area contributed by atoms with Crippen LogP contribution in [0.3, 0.4) is 0 Å². The van der Waals surface area contributed by atoms with E-state index in [1.165, 1.54) is 26.5 Å². The number of nitrogens with one attached hydrogen (secondary N) is 1. The van der Waals surface area contributed by atoms with Crippen LogP contribution in [0.25, 0.3) is 0 Å². The van der Waals surface area contributed by atoms with Gasteiger partial charge >= 0.3 is 5.97 Å². The standard InChI is InChI=1S/C14H14ClN3O3/c1-20-12-6-9(3-4-11(12)15)18-13-10(14(19)21-2)5-8(16)7-17-13/h3-7H,16H2,1-2H3,(H,17,18). The van der Waals surface area contributed by atoms with Crippen molar-refractivity contribution in [2.75, 3.05) is 25.3 Å². The quantitative estimate of drug-likeness (QED) is 0.845. The summed E-state index contributed by atoms with van der Waals surface area (Å²) < 4.78 is 9.85. The number of hydrogen-bond acceptors (Lipinski definition) is 6. The van der Waals surface area contributed by atoms with E-state index < -0.39 is 5.97 Å². The minimum atomic E-state index is -0.529. The number of carbonyl (C=O) groups excluding carboxylic acids is 1. The molecule has 1 aromatic heterocycles. The van der Waals surface area contributed by atoms with Crippen LogP contribution < -0.4 is 15.8 Å². The molecule has 7 heteroatoms. The van der Waals surface area contributed by atoms with Crippen molar-refractivity contribution >= 4 is 34.8 Å². The summed E-state index contributed by atoms with van der Waals surface area (Å²) in [4.78, 5) is 15.9. The van der Waals surface area contributed by atoms with Gasteiger partial charge in [0, 0.05) is 11.8 Å². The predicted octanol–water partition coefficient (Wildman–Crippen LogP) is 2.86. The number of rotatable bonds is 4. The molecule has 0 bridgehead atoms. The highest BCUT2D eigenvalue weighted by Crippen LogP contribution is 2.29. The second-order valence-corrected chi connectivity index (χ2v) is 4.54. The van der Waals surface area contributed by atoms with Crippen molar-refractivity contribution in [2.45, 2.75) is 0 Å². The number of esters is 1. The molecule has 0 saturated carbocycles. The number of methoxy groups -OCH3 is 2. The molecule has 110 valence electrons. The van der Waals surface area contributed by atoms with E-state index in [0.717, 1.165) is 0 Å². The van der Waals surface area contributed by atoms with Gasteiger partial charge in [-0.1, -0.05) is 11.6 Å². The van der Waals surface area contributed by atoms with Gasteiger partial charge in [-0.05, 0) is 18.2 Å². The Morgan fingerprint density at radius 2 is 2.10 bits per heavy atom. The monoisotopic (exact) mass is 307 g/mol. The third-order valence-corrected chi connectivity index (χ3v) is 3.04. The lowest BCUT2D eigenvalue weighted by Gasteiger charge is -2.12. The van der Waals surface area contributed by atoms with Crippen molar-refractivity contribution < 1.29 is 14.3 Å². The lowest BCUT2D eigenvalue weighted by molar-refractivity contribution is 0.0601. The Bertz CT molecular complexity index is 677. The maximum atomic E-state index is 11.8. The van der Waals surface area contributed by atoms with Crippen LogP contribution in [0.15, 0.2) is 30.5 Å². The highest BCUT2D eigenvalue weighted by Gasteiger charge is 2.14. The second-order valence-electron chi connectivity index (χ2n) is 4.13. The van der Waals surface area contributed by atoms with Gasteiger partial charge in [0.2, 0.25) is 0 Å². The van der Waals surface area contributed by atoms with Crippen LogP contribution >= 0.6 is 11.6 Å². The van der Waals surface area contributed by atoms with Gasteiger partial charge in [0.1, 0.15) is 17.1 Å². The molecule has 0 aliphatic heterocycles. The van der Waals surface area contributed by atoms with Crippen molar-refractivity contribution in [3.63, 3.8) is 0 Å². The summed E-state index contributed by atoms with van der Waals surface area (Å²) in [6.45, 7) is 0. The Kier molecular flexibility index (Phi) is 4.49. The first-order valence-corrected chi connectivity index (χ1v) is 6.37. The third kappa shape index (κ3) is 3.35. The average Bonchev–Trinajstić information content (AvgIpc) is 2.50. The smallest absolute Gasteiger partial charge is 0.341 e. The fourth-order valence-electron chi connectivity index (χ4n) is 1.72. The molecule has 21 heavy (non-hydrogen) atoms. The normalized spacial score (nSPS) is 10.0. The highest BCUT2D eigenvalue weighted by atomic mass is 35.5. The van der Waals surface area contributed by atoms with E-state index in [2.05, 4.69) is 10.3 Å². The summed E-state index contributed by atoms with van der Waals surface area (Å²) in [6, 6.07) is 6.61. The molecule has 0 atom stereocenters. The molecule has 0 radical (unpaired) electrons. The van der Waals surface area contributed by atoms with E-state index >= 15 is 0 Å². The van der Waals surface area contributed by atoms with Crippen LogP contribution in [-0.2, 0) is 4.74 Å². The van der Waals surface area contributed by atoms with Crippen LogP contribution in [0.5, 0.6) is 5.75 Å². The maximum Gasteiger partial charge on any atom is 0.341 e. The average molecular weight is 308 g/mol. The molecule has 0 spiro atoms. The van der Waals surface area contributed by atoms with Gasteiger partial charge in [-0.15, -0.1) is 0 Å². The van der Waals surface area contributed by atoms with Gasteiger partial charge in [-0.2, -0.15) is 0 Å². The molecule has 1 aromatic carbocycles. The van der Waals surface area contributed by atoms with E-state index in [1.807, 2.05) is 0 Å². The molecule has 0 amide bonds. The summed E-state index contributed by atoms with van der Waals surface area (Å²) in [7, 11) is 2.81. The summed E-state index contributed by atoms with van der Waals surface area (Å²) in [5.41, 5.74) is 6.92.